The number of aliphatic imine (C=N–C) groups is 1. The van der Waals surface area contributed by atoms with Gasteiger partial charge in [-0.3, -0.25) is 4.79 Å². The van der Waals surface area contributed by atoms with E-state index in [0.717, 1.165) is 19.6 Å². The minimum Gasteiger partial charge on any atom is -0.378 e. The lowest BCUT2D eigenvalue weighted by molar-refractivity contribution is -0.119. The number of hydrogen-bond donors (Lipinski definition) is 2. The highest BCUT2D eigenvalue weighted by Crippen LogP contribution is 2.27. The van der Waals surface area contributed by atoms with Gasteiger partial charge in [0.25, 0.3) is 0 Å². The van der Waals surface area contributed by atoms with E-state index >= 15 is 0 Å². The highest BCUT2D eigenvalue weighted by molar-refractivity contribution is 5.84. The molecule has 0 aromatic rings. The van der Waals surface area contributed by atoms with E-state index < -0.39 is 0 Å². The van der Waals surface area contributed by atoms with Gasteiger partial charge in [0.2, 0.25) is 5.91 Å². The summed E-state index contributed by atoms with van der Waals surface area (Å²) < 4.78 is 5.22. The van der Waals surface area contributed by atoms with Crippen molar-refractivity contribution in [3.05, 3.63) is 0 Å². The Morgan fingerprint density at radius 3 is 2.76 bits per heavy atom. The van der Waals surface area contributed by atoms with Crippen LogP contribution in [0, 0.1) is 5.92 Å². The van der Waals surface area contributed by atoms with Crippen molar-refractivity contribution in [3.63, 3.8) is 0 Å². The van der Waals surface area contributed by atoms with Gasteiger partial charge < -0.3 is 20.7 Å². The minimum absolute atomic E-state index is 0.0480. The Bertz CT molecular complexity index is 296. The van der Waals surface area contributed by atoms with E-state index in [9.17, 15) is 4.79 Å². The molecule has 2 fully saturated rings. The molecule has 1 amide bonds. The Labute approximate surface area is 101 Å². The van der Waals surface area contributed by atoms with Gasteiger partial charge in [-0.2, -0.15) is 0 Å². The van der Waals surface area contributed by atoms with Gasteiger partial charge >= 0.3 is 0 Å². The normalized spacial score (nSPS) is 21.4. The highest BCUT2D eigenvalue weighted by atomic mass is 16.5. The molecule has 17 heavy (non-hydrogen) atoms. The summed E-state index contributed by atoms with van der Waals surface area (Å²) >= 11 is 0. The zero-order chi connectivity index (χ0) is 12.1. The lowest BCUT2D eigenvalue weighted by Crippen LogP contribution is -2.45. The number of guanidine groups is 1. The lowest BCUT2D eigenvalue weighted by atomic mass is 10.4. The van der Waals surface area contributed by atoms with Gasteiger partial charge in [-0.05, 0) is 18.8 Å². The summed E-state index contributed by atoms with van der Waals surface area (Å²) in [5.74, 6) is 1.09. The van der Waals surface area contributed by atoms with Crippen LogP contribution in [-0.4, -0.2) is 56.2 Å². The molecule has 6 heteroatoms. The van der Waals surface area contributed by atoms with Crippen LogP contribution in [-0.2, 0) is 9.53 Å². The van der Waals surface area contributed by atoms with Gasteiger partial charge in [-0.1, -0.05) is 0 Å². The maximum atomic E-state index is 11.4. The molecule has 1 saturated heterocycles. The predicted octanol–water partition coefficient (Wildman–Crippen LogP) is -0.840. The van der Waals surface area contributed by atoms with E-state index in [4.69, 9.17) is 10.5 Å². The largest absolute Gasteiger partial charge is 0.378 e. The number of amides is 1. The standard InChI is InChI=1S/C11H20N4O2/c12-11(15-3-5-17-6-4-15)14-8-10(16)13-7-9-1-2-9/h9H,1-8H2,(H2,12,14)(H,13,16). The number of nitrogens with zero attached hydrogens (tertiary/aromatic N) is 2. The molecule has 1 aliphatic carbocycles. The predicted molar refractivity (Wildman–Crippen MR) is 64.6 cm³/mol. The summed E-state index contributed by atoms with van der Waals surface area (Å²) in [4.78, 5) is 17.5. The fourth-order valence-corrected chi connectivity index (χ4v) is 1.68. The monoisotopic (exact) mass is 240 g/mol. The second-order valence-electron chi connectivity index (χ2n) is 4.52. The van der Waals surface area contributed by atoms with Gasteiger partial charge in [-0.25, -0.2) is 4.99 Å². The minimum atomic E-state index is -0.0480. The van der Waals surface area contributed by atoms with E-state index in [1.165, 1.54) is 12.8 Å². The molecule has 0 radical (unpaired) electrons. The average molecular weight is 240 g/mol. The maximum Gasteiger partial charge on any atom is 0.241 e. The quantitative estimate of drug-likeness (QED) is 0.496. The SMILES string of the molecule is NC(=NCC(=O)NCC1CC1)N1CCOCC1. The number of ether oxygens (including phenoxy) is 1. The van der Waals surface area contributed by atoms with E-state index in [1.54, 1.807) is 0 Å². The molecule has 0 aromatic heterocycles. The van der Waals surface area contributed by atoms with Crippen molar-refractivity contribution in [3.8, 4) is 0 Å². The molecule has 2 aliphatic rings. The summed E-state index contributed by atoms with van der Waals surface area (Å²) in [6.07, 6.45) is 2.47. The smallest absolute Gasteiger partial charge is 0.241 e. The molecule has 6 nitrogen and oxygen atoms in total. The maximum absolute atomic E-state index is 11.4. The van der Waals surface area contributed by atoms with Crippen LogP contribution in [0.25, 0.3) is 0 Å². The fourth-order valence-electron chi connectivity index (χ4n) is 1.68. The molecular weight excluding hydrogens is 220 g/mol. The van der Waals surface area contributed by atoms with Gasteiger partial charge in [0, 0.05) is 19.6 Å². The lowest BCUT2D eigenvalue weighted by Gasteiger charge is -2.27. The van der Waals surface area contributed by atoms with Crippen LogP contribution in [0.4, 0.5) is 0 Å². The van der Waals surface area contributed by atoms with Gasteiger partial charge in [0.1, 0.15) is 6.54 Å². The molecule has 0 bridgehead atoms. The molecule has 2 rings (SSSR count). The third-order valence-electron chi connectivity index (χ3n) is 3.00. The third kappa shape index (κ3) is 4.22. The number of nitrogens with two attached hydrogens (primary N) is 1. The Morgan fingerprint density at radius 2 is 2.12 bits per heavy atom. The second-order valence-corrected chi connectivity index (χ2v) is 4.52. The summed E-state index contributed by atoms with van der Waals surface area (Å²) in [6.45, 7) is 3.74. The Morgan fingerprint density at radius 1 is 1.41 bits per heavy atom. The fraction of sp³-hybridized carbons (Fsp3) is 0.818. The van der Waals surface area contributed by atoms with E-state index in [2.05, 4.69) is 10.3 Å². The van der Waals surface area contributed by atoms with Crippen LogP contribution in [0.2, 0.25) is 0 Å². The number of rotatable bonds is 4. The number of hydrogen-bond acceptors (Lipinski definition) is 3. The van der Waals surface area contributed by atoms with Crippen molar-refractivity contribution in [2.75, 3.05) is 39.4 Å². The number of carbonyl (C=O) groups is 1. The molecule has 1 saturated carbocycles. The molecule has 0 aromatic carbocycles. The number of morpholine rings is 1. The van der Waals surface area contributed by atoms with Gasteiger partial charge in [-0.15, -0.1) is 0 Å². The van der Waals surface area contributed by atoms with Crippen LogP contribution in [0.1, 0.15) is 12.8 Å². The molecule has 3 N–H and O–H groups in total. The van der Waals surface area contributed by atoms with Gasteiger partial charge in [0.05, 0.1) is 13.2 Å². The Kier molecular flexibility index (Phi) is 4.19. The van der Waals surface area contributed by atoms with Crippen molar-refractivity contribution in [1.82, 2.24) is 10.2 Å². The van der Waals surface area contributed by atoms with E-state index in [1.807, 2.05) is 4.90 Å². The van der Waals surface area contributed by atoms with Crippen LogP contribution >= 0.6 is 0 Å². The molecule has 96 valence electrons. The highest BCUT2D eigenvalue weighted by Gasteiger charge is 2.21. The molecule has 0 atom stereocenters. The zero-order valence-corrected chi connectivity index (χ0v) is 10.0. The summed E-state index contributed by atoms with van der Waals surface area (Å²) in [6, 6.07) is 0. The summed E-state index contributed by atoms with van der Waals surface area (Å²) in [5.41, 5.74) is 5.81. The number of carbonyl (C=O) groups excluding carboxylic acids is 1. The first-order valence-corrected chi connectivity index (χ1v) is 6.15. The van der Waals surface area contributed by atoms with Crippen molar-refractivity contribution < 1.29 is 9.53 Å². The first-order valence-electron chi connectivity index (χ1n) is 6.15. The first-order chi connectivity index (χ1) is 8.25. The van der Waals surface area contributed by atoms with Crippen molar-refractivity contribution in [1.29, 1.82) is 0 Å². The molecule has 1 aliphatic heterocycles. The molecule has 0 unspecified atom stereocenters. The molecular formula is C11H20N4O2. The second kappa shape index (κ2) is 5.86. The average Bonchev–Trinajstić information content (AvgIpc) is 3.18. The van der Waals surface area contributed by atoms with Crippen molar-refractivity contribution >= 4 is 11.9 Å². The van der Waals surface area contributed by atoms with Gasteiger partial charge in [0.15, 0.2) is 5.96 Å². The van der Waals surface area contributed by atoms with Crippen LogP contribution in [0.3, 0.4) is 0 Å². The van der Waals surface area contributed by atoms with E-state index in [-0.39, 0.29) is 12.5 Å². The number of nitrogens with one attached hydrogen (secondary N) is 1. The molecule has 0 spiro atoms. The van der Waals surface area contributed by atoms with E-state index in [0.29, 0.717) is 25.1 Å². The van der Waals surface area contributed by atoms with Crippen molar-refractivity contribution in [2.45, 2.75) is 12.8 Å². The van der Waals surface area contributed by atoms with Crippen LogP contribution < -0.4 is 11.1 Å². The summed E-state index contributed by atoms with van der Waals surface area (Å²) in [5, 5.41) is 2.86. The topological polar surface area (TPSA) is 79.9 Å². The van der Waals surface area contributed by atoms with Crippen molar-refractivity contribution in [2.24, 2.45) is 16.6 Å². The first kappa shape index (κ1) is 12.2. The van der Waals surface area contributed by atoms with Crippen LogP contribution in [0.15, 0.2) is 4.99 Å². The molecule has 1 heterocycles. The summed E-state index contributed by atoms with van der Waals surface area (Å²) in [7, 11) is 0. The third-order valence-corrected chi connectivity index (χ3v) is 3.00. The Hall–Kier alpha value is -1.30. The van der Waals surface area contributed by atoms with Crippen LogP contribution in [0.5, 0.6) is 0 Å². The zero-order valence-electron chi connectivity index (χ0n) is 10.0. The Balaban J connectivity index is 1.67.